The molecule has 22 heavy (non-hydrogen) atoms. The molecule has 1 saturated carbocycles. The molecule has 0 unspecified atom stereocenters. The number of carbonyl (C=O) groups is 1. The van der Waals surface area contributed by atoms with Gasteiger partial charge in [0.05, 0.1) is 12.1 Å². The predicted molar refractivity (Wildman–Crippen MR) is 80.0 cm³/mol. The fourth-order valence-electron chi connectivity index (χ4n) is 3.11. The number of rotatable bonds is 2. The van der Waals surface area contributed by atoms with Crippen LogP contribution in [0.5, 0.6) is 0 Å². The fourth-order valence-corrected chi connectivity index (χ4v) is 3.11. The van der Waals surface area contributed by atoms with Gasteiger partial charge in [-0.2, -0.15) is 0 Å². The molecule has 1 fully saturated rings. The number of fused-ring (bicyclic) bond motifs is 1. The Morgan fingerprint density at radius 3 is 2.86 bits per heavy atom. The Morgan fingerprint density at radius 2 is 2.09 bits per heavy atom. The molecule has 0 bridgehead atoms. The molecule has 1 amide bonds. The van der Waals surface area contributed by atoms with Gasteiger partial charge in [0.15, 0.2) is 0 Å². The topological polar surface area (TPSA) is 76.6 Å². The molecule has 118 valence electrons. The van der Waals surface area contributed by atoms with Crippen molar-refractivity contribution in [3.05, 3.63) is 35.8 Å². The molecule has 0 radical (unpaired) electrons. The summed E-state index contributed by atoms with van der Waals surface area (Å²) in [5, 5.41) is 20.6. The first-order chi connectivity index (χ1) is 10.5. The molecule has 3 atom stereocenters. The van der Waals surface area contributed by atoms with E-state index in [0.29, 0.717) is 24.1 Å². The van der Waals surface area contributed by atoms with E-state index < -0.39 is 18.2 Å². The lowest BCUT2D eigenvalue weighted by Crippen LogP contribution is -2.51. The van der Waals surface area contributed by atoms with Crippen LogP contribution in [0.3, 0.4) is 0 Å². The van der Waals surface area contributed by atoms with Crippen molar-refractivity contribution in [2.45, 2.75) is 37.5 Å². The van der Waals surface area contributed by atoms with E-state index in [2.05, 4.69) is 4.98 Å². The van der Waals surface area contributed by atoms with E-state index in [1.165, 1.54) is 17.0 Å². The van der Waals surface area contributed by atoms with Crippen LogP contribution in [-0.2, 0) is 0 Å². The third-order valence-electron chi connectivity index (χ3n) is 4.42. The van der Waals surface area contributed by atoms with E-state index in [1.54, 1.807) is 19.2 Å². The maximum atomic E-state index is 13.2. The number of hydrogen-bond donors (Lipinski definition) is 3. The molecule has 1 aliphatic rings. The van der Waals surface area contributed by atoms with Crippen molar-refractivity contribution in [3.63, 3.8) is 0 Å². The maximum Gasteiger partial charge on any atom is 0.270 e. The second-order valence-electron chi connectivity index (χ2n) is 5.89. The molecule has 3 N–H and O–H groups in total. The Morgan fingerprint density at radius 1 is 1.32 bits per heavy atom. The average Bonchev–Trinajstić information content (AvgIpc) is 2.91. The van der Waals surface area contributed by atoms with Crippen molar-refractivity contribution >= 4 is 16.8 Å². The minimum atomic E-state index is -0.940. The summed E-state index contributed by atoms with van der Waals surface area (Å²) in [5.74, 6) is -0.651. The highest BCUT2D eigenvalue weighted by molar-refractivity contribution is 5.98. The molecule has 1 aromatic heterocycles. The van der Waals surface area contributed by atoms with Gasteiger partial charge in [0, 0.05) is 18.0 Å². The van der Waals surface area contributed by atoms with Crippen LogP contribution < -0.4 is 0 Å². The number of aromatic amines is 1. The van der Waals surface area contributed by atoms with Crippen LogP contribution >= 0.6 is 0 Å². The number of aromatic nitrogens is 1. The molecular formula is C16H19FN2O3. The van der Waals surface area contributed by atoms with Crippen LogP contribution in [0.25, 0.3) is 10.9 Å². The molecule has 0 saturated heterocycles. The largest absolute Gasteiger partial charge is 0.390 e. The number of H-pyrrole nitrogens is 1. The zero-order valence-corrected chi connectivity index (χ0v) is 12.3. The van der Waals surface area contributed by atoms with E-state index in [0.717, 1.165) is 11.8 Å². The zero-order valence-electron chi connectivity index (χ0n) is 12.3. The van der Waals surface area contributed by atoms with Gasteiger partial charge >= 0.3 is 0 Å². The van der Waals surface area contributed by atoms with Gasteiger partial charge in [-0.15, -0.1) is 0 Å². The summed E-state index contributed by atoms with van der Waals surface area (Å²) < 4.78 is 13.2. The lowest BCUT2D eigenvalue weighted by atomic mass is 9.89. The van der Waals surface area contributed by atoms with Crippen molar-refractivity contribution in [3.8, 4) is 0 Å². The Bertz CT molecular complexity index is 700. The normalized spacial score (nSPS) is 25.4. The number of aliphatic hydroxyl groups excluding tert-OH is 2. The van der Waals surface area contributed by atoms with Gasteiger partial charge in [0.2, 0.25) is 0 Å². The van der Waals surface area contributed by atoms with Crippen LogP contribution in [-0.4, -0.2) is 51.3 Å². The molecule has 1 heterocycles. The number of hydrogen-bond acceptors (Lipinski definition) is 3. The summed E-state index contributed by atoms with van der Waals surface area (Å²) in [6, 6.07) is 5.54. The Labute approximate surface area is 127 Å². The van der Waals surface area contributed by atoms with E-state index in [1.807, 2.05) is 0 Å². The number of amides is 1. The van der Waals surface area contributed by atoms with Crippen LogP contribution in [0.2, 0.25) is 0 Å². The van der Waals surface area contributed by atoms with Gasteiger partial charge in [-0.05, 0) is 43.5 Å². The Balaban J connectivity index is 1.85. The summed E-state index contributed by atoms with van der Waals surface area (Å²) in [6.07, 6.45) is 0.217. The van der Waals surface area contributed by atoms with Crippen molar-refractivity contribution in [1.82, 2.24) is 9.88 Å². The first-order valence-corrected chi connectivity index (χ1v) is 7.39. The van der Waals surface area contributed by atoms with Crippen LogP contribution in [0.4, 0.5) is 4.39 Å². The monoisotopic (exact) mass is 306 g/mol. The van der Waals surface area contributed by atoms with Crippen molar-refractivity contribution < 1.29 is 19.4 Å². The fraction of sp³-hybridized carbons (Fsp3) is 0.438. The van der Waals surface area contributed by atoms with Crippen LogP contribution in [0, 0.1) is 5.82 Å². The molecule has 0 aliphatic heterocycles. The standard InChI is InChI=1S/C16H19FN2O3/c1-19(13-3-2-4-14(20)15(13)21)16(22)12-7-9-5-6-10(17)8-11(9)18-12/h5-8,13-15,18,20-21H,2-4H2,1H3/t13-,14-,15-/m1/s1. The Kier molecular flexibility index (Phi) is 3.88. The second kappa shape index (κ2) is 5.70. The van der Waals surface area contributed by atoms with Gasteiger partial charge in [-0.3, -0.25) is 4.79 Å². The summed E-state index contributed by atoms with van der Waals surface area (Å²) in [4.78, 5) is 16.9. The third-order valence-corrected chi connectivity index (χ3v) is 4.42. The predicted octanol–water partition coefficient (Wildman–Crippen LogP) is 1.65. The molecule has 1 aromatic carbocycles. The molecule has 1 aliphatic carbocycles. The first-order valence-electron chi connectivity index (χ1n) is 7.39. The highest BCUT2D eigenvalue weighted by atomic mass is 19.1. The molecule has 6 heteroatoms. The van der Waals surface area contributed by atoms with Crippen LogP contribution in [0.1, 0.15) is 29.8 Å². The van der Waals surface area contributed by atoms with E-state index >= 15 is 0 Å². The highest BCUT2D eigenvalue weighted by Gasteiger charge is 2.35. The molecule has 3 rings (SSSR count). The van der Waals surface area contributed by atoms with Gasteiger partial charge < -0.3 is 20.1 Å². The van der Waals surface area contributed by atoms with Crippen molar-refractivity contribution in [2.24, 2.45) is 0 Å². The third kappa shape index (κ3) is 2.60. The quantitative estimate of drug-likeness (QED) is 0.789. The number of nitrogens with zero attached hydrogens (tertiary/aromatic N) is 1. The average molecular weight is 306 g/mol. The molecule has 0 spiro atoms. The molecular weight excluding hydrogens is 287 g/mol. The first kappa shape index (κ1) is 15.0. The van der Waals surface area contributed by atoms with Gasteiger partial charge in [0.1, 0.15) is 17.6 Å². The summed E-state index contributed by atoms with van der Waals surface area (Å²) in [5.41, 5.74) is 0.899. The minimum Gasteiger partial charge on any atom is -0.390 e. The Hall–Kier alpha value is -1.92. The SMILES string of the molecule is CN(C(=O)c1cc2ccc(F)cc2[nH]1)[C@@H]1CCC[C@@H](O)[C@@H]1O. The summed E-state index contributed by atoms with van der Waals surface area (Å²) >= 11 is 0. The number of likely N-dealkylation sites (N-methyl/N-ethyl adjacent to an activating group) is 1. The van der Waals surface area contributed by atoms with E-state index in [-0.39, 0.29) is 11.7 Å². The smallest absolute Gasteiger partial charge is 0.270 e. The summed E-state index contributed by atoms with van der Waals surface area (Å²) in [7, 11) is 1.61. The number of nitrogens with one attached hydrogen (secondary N) is 1. The van der Waals surface area contributed by atoms with Gasteiger partial charge in [-0.25, -0.2) is 4.39 Å². The van der Waals surface area contributed by atoms with Crippen molar-refractivity contribution in [1.29, 1.82) is 0 Å². The molecule has 5 nitrogen and oxygen atoms in total. The second-order valence-corrected chi connectivity index (χ2v) is 5.89. The maximum absolute atomic E-state index is 13.2. The van der Waals surface area contributed by atoms with Crippen molar-refractivity contribution in [2.75, 3.05) is 7.05 Å². The van der Waals surface area contributed by atoms with Crippen LogP contribution in [0.15, 0.2) is 24.3 Å². The number of benzene rings is 1. The summed E-state index contributed by atoms with van der Waals surface area (Å²) in [6.45, 7) is 0. The lowest BCUT2D eigenvalue weighted by molar-refractivity contribution is -0.0527. The zero-order chi connectivity index (χ0) is 15.9. The minimum absolute atomic E-state index is 0.283. The number of carbonyl (C=O) groups excluding carboxylic acids is 1. The number of halogens is 1. The van der Waals surface area contributed by atoms with Gasteiger partial charge in [-0.1, -0.05) is 0 Å². The molecule has 2 aromatic rings. The highest BCUT2D eigenvalue weighted by Crippen LogP contribution is 2.25. The number of aliphatic hydroxyl groups is 2. The lowest BCUT2D eigenvalue weighted by Gasteiger charge is -2.37. The van der Waals surface area contributed by atoms with E-state index in [9.17, 15) is 19.4 Å². The van der Waals surface area contributed by atoms with Gasteiger partial charge in [0.25, 0.3) is 5.91 Å². The van der Waals surface area contributed by atoms with E-state index in [4.69, 9.17) is 0 Å².